The maximum absolute atomic E-state index is 11.8. The van der Waals surface area contributed by atoms with Crippen LogP contribution in [0.5, 0.6) is 5.75 Å². The van der Waals surface area contributed by atoms with Gasteiger partial charge in [-0.2, -0.15) is 0 Å². The predicted molar refractivity (Wildman–Crippen MR) is 75.1 cm³/mol. The van der Waals surface area contributed by atoms with E-state index in [2.05, 4.69) is 0 Å². The van der Waals surface area contributed by atoms with Crippen LogP contribution in [0.1, 0.15) is 38.9 Å². The number of aliphatic hydroxyl groups excluding tert-OH is 1. The van der Waals surface area contributed by atoms with E-state index in [-0.39, 0.29) is 18.6 Å². The van der Waals surface area contributed by atoms with Gasteiger partial charge in [-0.15, -0.1) is 0 Å². The molecule has 1 rings (SSSR count). The Bertz CT molecular complexity index is 418. The number of aliphatic hydroxyl groups is 1. The molecular formula is C15H23NO3. The van der Waals surface area contributed by atoms with E-state index in [1.54, 1.807) is 18.0 Å². The fraction of sp³-hybridized carbons (Fsp3) is 0.533. The van der Waals surface area contributed by atoms with E-state index in [1.165, 1.54) is 0 Å². The summed E-state index contributed by atoms with van der Waals surface area (Å²) in [7, 11) is 1.75. The van der Waals surface area contributed by atoms with E-state index in [1.807, 2.05) is 39.0 Å². The fourth-order valence-electron chi connectivity index (χ4n) is 1.64. The molecule has 0 heterocycles. The Kier molecular flexibility index (Phi) is 5.83. The highest BCUT2D eigenvalue weighted by molar-refractivity contribution is 5.77. The standard InChI is InChI=1S/C15H23NO3/c1-5-13(17)12-8-6-7-9-14(12)19-10-15(18)16(4)11(2)3/h6-9,11,13,17H,5,10H2,1-4H3/t13-/m0/s1. The molecule has 0 radical (unpaired) electrons. The number of carbonyl (C=O) groups is 1. The van der Waals surface area contributed by atoms with Crippen LogP contribution in [0.2, 0.25) is 0 Å². The molecule has 19 heavy (non-hydrogen) atoms. The van der Waals surface area contributed by atoms with Crippen molar-refractivity contribution >= 4 is 5.91 Å². The summed E-state index contributed by atoms with van der Waals surface area (Å²) in [6.45, 7) is 5.79. The molecule has 4 heteroatoms. The Morgan fingerprint density at radius 3 is 2.58 bits per heavy atom. The third-order valence-corrected chi connectivity index (χ3v) is 3.18. The van der Waals surface area contributed by atoms with Crippen LogP contribution in [0.4, 0.5) is 0 Å². The van der Waals surface area contributed by atoms with Crippen molar-refractivity contribution in [3.8, 4) is 5.75 Å². The second kappa shape index (κ2) is 7.14. The number of rotatable bonds is 6. The summed E-state index contributed by atoms with van der Waals surface area (Å²) in [6.07, 6.45) is 0.0503. The highest BCUT2D eigenvalue weighted by Gasteiger charge is 2.15. The number of hydrogen-bond donors (Lipinski definition) is 1. The monoisotopic (exact) mass is 265 g/mol. The third-order valence-electron chi connectivity index (χ3n) is 3.18. The predicted octanol–water partition coefficient (Wildman–Crippen LogP) is 2.38. The fourth-order valence-corrected chi connectivity index (χ4v) is 1.64. The Balaban J connectivity index is 2.70. The summed E-state index contributed by atoms with van der Waals surface area (Å²) in [4.78, 5) is 13.5. The lowest BCUT2D eigenvalue weighted by molar-refractivity contribution is -0.133. The summed E-state index contributed by atoms with van der Waals surface area (Å²) < 4.78 is 5.54. The van der Waals surface area contributed by atoms with Gasteiger partial charge in [0.05, 0.1) is 6.10 Å². The molecule has 0 bridgehead atoms. The first-order valence-corrected chi connectivity index (χ1v) is 6.62. The lowest BCUT2D eigenvalue weighted by Crippen LogP contribution is -2.36. The number of para-hydroxylation sites is 1. The van der Waals surface area contributed by atoms with Gasteiger partial charge in [0.2, 0.25) is 0 Å². The topological polar surface area (TPSA) is 49.8 Å². The quantitative estimate of drug-likeness (QED) is 0.859. The lowest BCUT2D eigenvalue weighted by Gasteiger charge is -2.22. The zero-order valence-corrected chi connectivity index (χ0v) is 12.1. The molecular weight excluding hydrogens is 242 g/mol. The third kappa shape index (κ3) is 4.24. The van der Waals surface area contributed by atoms with Crippen molar-refractivity contribution in [3.05, 3.63) is 29.8 Å². The minimum absolute atomic E-state index is 0.0118. The maximum atomic E-state index is 11.8. The van der Waals surface area contributed by atoms with Gasteiger partial charge in [0, 0.05) is 18.7 Å². The summed E-state index contributed by atoms with van der Waals surface area (Å²) in [5.74, 6) is 0.498. The van der Waals surface area contributed by atoms with E-state index >= 15 is 0 Å². The molecule has 106 valence electrons. The van der Waals surface area contributed by atoms with E-state index in [0.717, 1.165) is 5.56 Å². The number of nitrogens with zero attached hydrogens (tertiary/aromatic N) is 1. The van der Waals surface area contributed by atoms with Gasteiger partial charge < -0.3 is 14.7 Å². The van der Waals surface area contributed by atoms with E-state index in [9.17, 15) is 9.90 Å². The van der Waals surface area contributed by atoms with Gasteiger partial charge in [-0.3, -0.25) is 4.79 Å². The van der Waals surface area contributed by atoms with Crippen molar-refractivity contribution in [1.82, 2.24) is 4.90 Å². The molecule has 1 aromatic carbocycles. The molecule has 0 unspecified atom stereocenters. The van der Waals surface area contributed by atoms with Gasteiger partial charge in [-0.25, -0.2) is 0 Å². The van der Waals surface area contributed by atoms with E-state index < -0.39 is 6.10 Å². The molecule has 0 aliphatic carbocycles. The van der Waals surface area contributed by atoms with Crippen molar-refractivity contribution in [2.45, 2.75) is 39.3 Å². The van der Waals surface area contributed by atoms with Crippen LogP contribution in [0.15, 0.2) is 24.3 Å². The van der Waals surface area contributed by atoms with Gasteiger partial charge >= 0.3 is 0 Å². The van der Waals surface area contributed by atoms with Crippen molar-refractivity contribution in [2.24, 2.45) is 0 Å². The van der Waals surface area contributed by atoms with Gasteiger partial charge in [0.15, 0.2) is 6.61 Å². The van der Waals surface area contributed by atoms with Crippen LogP contribution in [0.25, 0.3) is 0 Å². The molecule has 0 saturated heterocycles. The molecule has 0 aliphatic heterocycles. The number of carbonyl (C=O) groups excluding carboxylic acids is 1. The summed E-state index contributed by atoms with van der Waals surface area (Å²) in [5.41, 5.74) is 0.727. The Morgan fingerprint density at radius 1 is 1.37 bits per heavy atom. The average molecular weight is 265 g/mol. The molecule has 1 amide bonds. The Labute approximate surface area is 115 Å². The van der Waals surface area contributed by atoms with Crippen molar-refractivity contribution in [2.75, 3.05) is 13.7 Å². The first-order chi connectivity index (χ1) is 8.97. The minimum atomic E-state index is -0.561. The molecule has 1 N–H and O–H groups in total. The van der Waals surface area contributed by atoms with E-state index in [0.29, 0.717) is 12.2 Å². The Morgan fingerprint density at radius 2 is 2.00 bits per heavy atom. The Hall–Kier alpha value is -1.55. The number of hydrogen-bond acceptors (Lipinski definition) is 3. The number of benzene rings is 1. The summed E-state index contributed by atoms with van der Waals surface area (Å²) >= 11 is 0. The molecule has 0 spiro atoms. The second-order valence-electron chi connectivity index (χ2n) is 4.85. The number of amides is 1. The lowest BCUT2D eigenvalue weighted by atomic mass is 10.1. The first kappa shape index (κ1) is 15.5. The van der Waals surface area contributed by atoms with Crippen LogP contribution < -0.4 is 4.74 Å². The second-order valence-corrected chi connectivity index (χ2v) is 4.85. The van der Waals surface area contributed by atoms with Crippen molar-refractivity contribution < 1.29 is 14.6 Å². The van der Waals surface area contributed by atoms with Crippen LogP contribution in [0, 0.1) is 0 Å². The average Bonchev–Trinajstić information content (AvgIpc) is 2.43. The zero-order chi connectivity index (χ0) is 14.4. The zero-order valence-electron chi connectivity index (χ0n) is 12.1. The van der Waals surface area contributed by atoms with Crippen molar-refractivity contribution in [3.63, 3.8) is 0 Å². The first-order valence-electron chi connectivity index (χ1n) is 6.62. The highest BCUT2D eigenvalue weighted by Crippen LogP contribution is 2.26. The summed E-state index contributed by atoms with van der Waals surface area (Å²) in [6, 6.07) is 7.42. The minimum Gasteiger partial charge on any atom is -0.483 e. The van der Waals surface area contributed by atoms with Crippen LogP contribution >= 0.6 is 0 Å². The van der Waals surface area contributed by atoms with Gasteiger partial charge in [0.25, 0.3) is 5.91 Å². The molecule has 0 aliphatic rings. The molecule has 0 fully saturated rings. The van der Waals surface area contributed by atoms with E-state index in [4.69, 9.17) is 4.74 Å². The smallest absolute Gasteiger partial charge is 0.260 e. The largest absolute Gasteiger partial charge is 0.483 e. The molecule has 4 nitrogen and oxygen atoms in total. The van der Waals surface area contributed by atoms with Crippen LogP contribution in [0.3, 0.4) is 0 Å². The van der Waals surface area contributed by atoms with Gasteiger partial charge in [-0.1, -0.05) is 25.1 Å². The molecule has 0 saturated carbocycles. The molecule has 1 aromatic rings. The van der Waals surface area contributed by atoms with Gasteiger partial charge in [-0.05, 0) is 26.3 Å². The van der Waals surface area contributed by atoms with Crippen LogP contribution in [-0.2, 0) is 4.79 Å². The molecule has 1 atom stereocenters. The normalized spacial score (nSPS) is 12.3. The maximum Gasteiger partial charge on any atom is 0.260 e. The molecule has 0 aromatic heterocycles. The number of ether oxygens (including phenoxy) is 1. The van der Waals surface area contributed by atoms with Crippen LogP contribution in [-0.4, -0.2) is 35.6 Å². The number of likely N-dealkylation sites (N-methyl/N-ethyl adjacent to an activating group) is 1. The SMILES string of the molecule is CC[C@H](O)c1ccccc1OCC(=O)N(C)C(C)C. The summed E-state index contributed by atoms with van der Waals surface area (Å²) in [5, 5.41) is 9.90. The highest BCUT2D eigenvalue weighted by atomic mass is 16.5. The van der Waals surface area contributed by atoms with Gasteiger partial charge in [0.1, 0.15) is 5.75 Å². The van der Waals surface area contributed by atoms with Crippen molar-refractivity contribution in [1.29, 1.82) is 0 Å².